The maximum atomic E-state index is 6.29. The number of hydrogen-bond acceptors (Lipinski definition) is 2. The summed E-state index contributed by atoms with van der Waals surface area (Å²) in [5, 5.41) is 0. The molecule has 0 aromatic carbocycles. The van der Waals surface area contributed by atoms with Crippen molar-refractivity contribution in [2.45, 2.75) is 64.1 Å². The second-order valence-corrected chi connectivity index (χ2v) is 5.59. The molecular formula is C12H23NO. The van der Waals surface area contributed by atoms with Crippen LogP contribution in [0.4, 0.5) is 0 Å². The fraction of sp³-hybridized carbons (Fsp3) is 1.00. The smallest absolute Gasteiger partial charge is 0.0737 e. The van der Waals surface area contributed by atoms with E-state index >= 15 is 0 Å². The lowest BCUT2D eigenvalue weighted by molar-refractivity contribution is -0.0977. The Morgan fingerprint density at radius 1 is 1.29 bits per heavy atom. The average molecular weight is 197 g/mol. The summed E-state index contributed by atoms with van der Waals surface area (Å²) in [5.74, 6) is 0. The number of ether oxygens (including phenoxy) is 1. The maximum absolute atomic E-state index is 6.29. The summed E-state index contributed by atoms with van der Waals surface area (Å²) in [6.07, 6.45) is 7.88. The van der Waals surface area contributed by atoms with E-state index in [0.29, 0.717) is 11.5 Å². The van der Waals surface area contributed by atoms with Crippen LogP contribution in [-0.4, -0.2) is 18.2 Å². The van der Waals surface area contributed by atoms with Gasteiger partial charge in [0.1, 0.15) is 0 Å². The molecule has 0 amide bonds. The number of rotatable bonds is 2. The fourth-order valence-electron chi connectivity index (χ4n) is 3.28. The maximum Gasteiger partial charge on any atom is 0.0737 e. The lowest BCUT2D eigenvalue weighted by Crippen LogP contribution is -2.40. The molecule has 1 saturated carbocycles. The Kier molecular flexibility index (Phi) is 2.61. The van der Waals surface area contributed by atoms with Crippen molar-refractivity contribution in [1.82, 2.24) is 0 Å². The molecule has 2 N–H and O–H groups in total. The van der Waals surface area contributed by atoms with Gasteiger partial charge in [-0.05, 0) is 50.5 Å². The van der Waals surface area contributed by atoms with Crippen LogP contribution in [0.2, 0.25) is 0 Å². The third-order valence-electron chi connectivity index (χ3n) is 4.37. The van der Waals surface area contributed by atoms with Crippen molar-refractivity contribution < 1.29 is 4.74 Å². The summed E-state index contributed by atoms with van der Waals surface area (Å²) in [4.78, 5) is 0. The van der Waals surface area contributed by atoms with Crippen LogP contribution in [0, 0.1) is 5.41 Å². The monoisotopic (exact) mass is 197 g/mol. The van der Waals surface area contributed by atoms with Crippen LogP contribution in [0.15, 0.2) is 0 Å². The van der Waals surface area contributed by atoms with Crippen LogP contribution in [0.5, 0.6) is 0 Å². The van der Waals surface area contributed by atoms with Crippen LogP contribution in [0.25, 0.3) is 0 Å². The Labute approximate surface area is 87.2 Å². The van der Waals surface area contributed by atoms with Gasteiger partial charge in [-0.3, -0.25) is 0 Å². The van der Waals surface area contributed by atoms with E-state index in [1.54, 1.807) is 0 Å². The van der Waals surface area contributed by atoms with Crippen LogP contribution >= 0.6 is 0 Å². The first-order chi connectivity index (χ1) is 6.60. The van der Waals surface area contributed by atoms with E-state index in [-0.39, 0.29) is 5.60 Å². The molecule has 1 aliphatic carbocycles. The molecule has 0 bridgehead atoms. The molecule has 2 heteroatoms. The second-order valence-electron chi connectivity index (χ2n) is 5.59. The predicted molar refractivity (Wildman–Crippen MR) is 58.1 cm³/mol. The summed E-state index contributed by atoms with van der Waals surface area (Å²) >= 11 is 0. The van der Waals surface area contributed by atoms with E-state index in [9.17, 15) is 0 Å². The Hall–Kier alpha value is -0.0800. The van der Waals surface area contributed by atoms with Gasteiger partial charge in [-0.1, -0.05) is 13.8 Å². The molecule has 2 atom stereocenters. The van der Waals surface area contributed by atoms with Crippen LogP contribution in [-0.2, 0) is 4.74 Å². The molecule has 14 heavy (non-hydrogen) atoms. The van der Waals surface area contributed by atoms with Crippen molar-refractivity contribution in [3.63, 3.8) is 0 Å². The van der Waals surface area contributed by atoms with Gasteiger partial charge >= 0.3 is 0 Å². The summed E-state index contributed by atoms with van der Waals surface area (Å²) in [6, 6.07) is 0. The first kappa shape index (κ1) is 10.4. The first-order valence-electron chi connectivity index (χ1n) is 5.98. The van der Waals surface area contributed by atoms with Crippen molar-refractivity contribution in [2.24, 2.45) is 11.1 Å². The van der Waals surface area contributed by atoms with E-state index in [0.717, 1.165) is 13.0 Å². The Bertz CT molecular complexity index is 214. The Morgan fingerprint density at radius 2 is 2.07 bits per heavy atom. The fourth-order valence-corrected chi connectivity index (χ4v) is 3.28. The lowest BCUT2D eigenvalue weighted by atomic mass is 9.76. The summed E-state index contributed by atoms with van der Waals surface area (Å²) in [6.45, 7) is 5.50. The van der Waals surface area contributed by atoms with Gasteiger partial charge in [-0.15, -0.1) is 0 Å². The second kappa shape index (κ2) is 3.49. The zero-order valence-corrected chi connectivity index (χ0v) is 9.51. The van der Waals surface area contributed by atoms with Crippen molar-refractivity contribution in [2.75, 3.05) is 6.54 Å². The highest BCUT2D eigenvalue weighted by atomic mass is 16.5. The highest BCUT2D eigenvalue weighted by molar-refractivity contribution is 5.03. The number of hydrogen-bond donors (Lipinski definition) is 1. The normalized spacial score (nSPS) is 40.9. The molecule has 2 nitrogen and oxygen atoms in total. The van der Waals surface area contributed by atoms with Crippen molar-refractivity contribution in [3.05, 3.63) is 0 Å². The van der Waals surface area contributed by atoms with Gasteiger partial charge in [0.05, 0.1) is 11.7 Å². The summed E-state index contributed by atoms with van der Waals surface area (Å²) in [5.41, 5.74) is 6.17. The highest BCUT2D eigenvalue weighted by Crippen LogP contribution is 2.54. The largest absolute Gasteiger partial charge is 0.371 e. The molecule has 2 rings (SSSR count). The highest BCUT2D eigenvalue weighted by Gasteiger charge is 2.53. The van der Waals surface area contributed by atoms with Crippen LogP contribution in [0.3, 0.4) is 0 Å². The van der Waals surface area contributed by atoms with Gasteiger partial charge in [0, 0.05) is 0 Å². The predicted octanol–water partition coefficient (Wildman–Crippen LogP) is 2.46. The van der Waals surface area contributed by atoms with Gasteiger partial charge in [-0.2, -0.15) is 0 Å². The standard InChI is InChI=1S/C12H23NO/c1-11(2)6-3-7-12(11)8-4-10(14-12)5-9-13/h10H,3-9,13H2,1-2H3. The van der Waals surface area contributed by atoms with E-state index in [1.807, 2.05) is 0 Å². The van der Waals surface area contributed by atoms with Crippen LogP contribution in [0.1, 0.15) is 52.4 Å². The Balaban J connectivity index is 2.05. The zero-order chi connectivity index (χ0) is 10.2. The van der Waals surface area contributed by atoms with E-state index in [2.05, 4.69) is 13.8 Å². The minimum Gasteiger partial charge on any atom is -0.371 e. The molecule has 0 aromatic heterocycles. The zero-order valence-electron chi connectivity index (χ0n) is 9.51. The molecule has 2 unspecified atom stereocenters. The van der Waals surface area contributed by atoms with Crippen molar-refractivity contribution in [3.8, 4) is 0 Å². The van der Waals surface area contributed by atoms with Gasteiger partial charge < -0.3 is 10.5 Å². The third-order valence-corrected chi connectivity index (χ3v) is 4.37. The van der Waals surface area contributed by atoms with E-state index < -0.39 is 0 Å². The molecule has 0 radical (unpaired) electrons. The van der Waals surface area contributed by atoms with Gasteiger partial charge in [0.2, 0.25) is 0 Å². The van der Waals surface area contributed by atoms with Crippen LogP contribution < -0.4 is 5.73 Å². The molecular weight excluding hydrogens is 174 g/mol. The average Bonchev–Trinajstić information content (AvgIpc) is 2.61. The van der Waals surface area contributed by atoms with Crippen molar-refractivity contribution >= 4 is 0 Å². The topological polar surface area (TPSA) is 35.2 Å². The van der Waals surface area contributed by atoms with Crippen molar-refractivity contribution in [1.29, 1.82) is 0 Å². The minimum absolute atomic E-state index is 0.201. The SMILES string of the molecule is CC1(C)CCCC12CCC(CCN)O2. The summed E-state index contributed by atoms with van der Waals surface area (Å²) < 4.78 is 6.29. The first-order valence-corrected chi connectivity index (χ1v) is 5.98. The molecule has 2 fully saturated rings. The minimum atomic E-state index is 0.201. The lowest BCUT2D eigenvalue weighted by Gasteiger charge is -2.38. The summed E-state index contributed by atoms with van der Waals surface area (Å²) in [7, 11) is 0. The molecule has 1 spiro atoms. The Morgan fingerprint density at radius 3 is 2.64 bits per heavy atom. The van der Waals surface area contributed by atoms with E-state index in [4.69, 9.17) is 10.5 Å². The molecule has 0 aromatic rings. The molecule has 2 aliphatic rings. The van der Waals surface area contributed by atoms with Gasteiger partial charge in [0.15, 0.2) is 0 Å². The molecule has 82 valence electrons. The molecule has 1 saturated heterocycles. The van der Waals surface area contributed by atoms with Gasteiger partial charge in [-0.25, -0.2) is 0 Å². The number of nitrogens with two attached hydrogens (primary N) is 1. The molecule has 1 aliphatic heterocycles. The third kappa shape index (κ3) is 1.49. The molecule has 1 heterocycles. The van der Waals surface area contributed by atoms with Gasteiger partial charge in [0.25, 0.3) is 0 Å². The quantitative estimate of drug-likeness (QED) is 0.738. The van der Waals surface area contributed by atoms with E-state index in [1.165, 1.54) is 32.1 Å².